The Morgan fingerprint density at radius 1 is 0.720 bits per heavy atom. The Bertz CT molecular complexity index is 784. The fourth-order valence-electron chi connectivity index (χ4n) is 1.91. The highest BCUT2D eigenvalue weighted by molar-refractivity contribution is 5.95. The third-order valence-electron chi connectivity index (χ3n) is 3.27. The summed E-state index contributed by atoms with van der Waals surface area (Å²) in [6.07, 6.45) is 0.123. The second-order valence-electron chi connectivity index (χ2n) is 5.22. The molecule has 0 radical (unpaired) electrons. The Morgan fingerprint density at radius 2 is 1.08 bits per heavy atom. The van der Waals surface area contributed by atoms with E-state index >= 15 is 0 Å². The fraction of sp³-hybridized carbons (Fsp3) is 0.263. The molecule has 0 amide bonds. The van der Waals surface area contributed by atoms with Crippen LogP contribution in [-0.4, -0.2) is 24.8 Å². The molecule has 0 bridgehead atoms. The summed E-state index contributed by atoms with van der Waals surface area (Å²) in [6.45, 7) is -3.98. The van der Waals surface area contributed by atoms with Gasteiger partial charge in [-0.25, -0.2) is 0 Å². The zero-order valence-corrected chi connectivity index (χ0v) is 13.7. The van der Waals surface area contributed by atoms with Gasteiger partial charge in [-0.05, 0) is 67.8 Å². The summed E-state index contributed by atoms with van der Waals surface area (Å²) in [5, 5.41) is 14.7. The summed E-state index contributed by atoms with van der Waals surface area (Å²) in [6, 6.07) is 12.4. The maximum absolute atomic E-state index is 7.98. The third kappa shape index (κ3) is 6.18. The highest BCUT2D eigenvalue weighted by atomic mass is 16.5. The van der Waals surface area contributed by atoms with Crippen molar-refractivity contribution in [2.75, 3.05) is 13.1 Å². The number of hydrogen-bond acceptors (Lipinski definition) is 4. The van der Waals surface area contributed by atoms with Crippen LogP contribution in [0.25, 0.3) is 0 Å². The van der Waals surface area contributed by atoms with Gasteiger partial charge < -0.3 is 20.9 Å². The lowest BCUT2D eigenvalue weighted by Gasteiger charge is -2.08. The van der Waals surface area contributed by atoms with E-state index in [1.807, 2.05) is 0 Å². The lowest BCUT2D eigenvalue weighted by atomic mass is 10.2. The smallest absolute Gasteiger partial charge is 0.122 e. The largest absolute Gasteiger partial charge is 0.494 e. The van der Waals surface area contributed by atoms with Gasteiger partial charge in [-0.2, -0.15) is 0 Å². The number of nitrogen functional groups attached to an aromatic ring is 2. The summed E-state index contributed by atoms with van der Waals surface area (Å²) in [5.41, 5.74) is 11.8. The van der Waals surface area contributed by atoms with E-state index < -0.39 is 13.1 Å². The molecule has 0 spiro atoms. The van der Waals surface area contributed by atoms with Crippen LogP contribution in [0.3, 0.4) is 0 Å². The minimum Gasteiger partial charge on any atom is -0.494 e. The molecule has 6 N–H and O–H groups in total. The average Bonchev–Trinajstić information content (AvgIpc) is 2.61. The molecule has 0 saturated carbocycles. The SMILES string of the molecule is [2H]C([2H])(CCCC([2H])([2H])Oc1ccc(C(=N)N)cc1)Oc1ccc(C(=N)N)cc1. The molecule has 0 unspecified atom stereocenters. The molecule has 6 nitrogen and oxygen atoms in total. The second-order valence-corrected chi connectivity index (χ2v) is 5.22. The highest BCUT2D eigenvalue weighted by Gasteiger charge is 1.99. The summed E-state index contributed by atoms with van der Waals surface area (Å²) in [7, 11) is 0. The van der Waals surface area contributed by atoms with Gasteiger partial charge in [0, 0.05) is 11.1 Å². The molecule has 6 heteroatoms. The van der Waals surface area contributed by atoms with E-state index in [0.717, 1.165) is 0 Å². The topological polar surface area (TPSA) is 118 Å². The Hall–Kier alpha value is -3.02. The van der Waals surface area contributed by atoms with E-state index in [1.54, 1.807) is 24.3 Å². The van der Waals surface area contributed by atoms with Gasteiger partial charge in [-0.3, -0.25) is 10.8 Å². The zero-order valence-electron chi connectivity index (χ0n) is 17.7. The first-order valence-corrected chi connectivity index (χ1v) is 7.74. The van der Waals surface area contributed by atoms with Crippen molar-refractivity contribution in [3.63, 3.8) is 0 Å². The van der Waals surface area contributed by atoms with Gasteiger partial charge in [-0.15, -0.1) is 0 Å². The normalized spacial score (nSPS) is 13.8. The van der Waals surface area contributed by atoms with Crippen LogP contribution in [-0.2, 0) is 0 Å². The molecule has 2 rings (SSSR count). The van der Waals surface area contributed by atoms with Gasteiger partial charge in [0.05, 0.1) is 18.6 Å². The molecule has 0 atom stereocenters. The molecule has 132 valence electrons. The average molecular weight is 344 g/mol. The number of hydrogen-bond donors (Lipinski definition) is 4. The number of amidine groups is 2. The van der Waals surface area contributed by atoms with Crippen LogP contribution in [0.5, 0.6) is 11.5 Å². The quantitative estimate of drug-likeness (QED) is 0.391. The molecule has 0 fully saturated rings. The lowest BCUT2D eigenvalue weighted by molar-refractivity contribution is 0.279. The van der Waals surface area contributed by atoms with E-state index in [1.165, 1.54) is 24.3 Å². The van der Waals surface area contributed by atoms with Crippen molar-refractivity contribution in [1.82, 2.24) is 0 Å². The molecular formula is C19H24N4O2. The van der Waals surface area contributed by atoms with Crippen molar-refractivity contribution in [2.24, 2.45) is 11.5 Å². The van der Waals surface area contributed by atoms with Gasteiger partial charge in [0.25, 0.3) is 0 Å². The van der Waals surface area contributed by atoms with E-state index in [9.17, 15) is 0 Å². The first-order valence-electron chi connectivity index (χ1n) is 9.74. The molecule has 0 saturated heterocycles. The molecule has 25 heavy (non-hydrogen) atoms. The maximum Gasteiger partial charge on any atom is 0.122 e. The molecule has 0 heterocycles. The maximum atomic E-state index is 7.98. The zero-order chi connectivity index (χ0) is 21.7. The summed E-state index contributed by atoms with van der Waals surface area (Å²) < 4.78 is 42.6. The van der Waals surface area contributed by atoms with Crippen LogP contribution in [0.2, 0.25) is 0 Å². The number of rotatable bonds is 10. The van der Waals surface area contributed by atoms with Crippen molar-refractivity contribution in [2.45, 2.75) is 19.3 Å². The molecular weight excluding hydrogens is 316 g/mol. The van der Waals surface area contributed by atoms with Crippen LogP contribution in [0.15, 0.2) is 48.5 Å². The van der Waals surface area contributed by atoms with E-state index in [2.05, 4.69) is 0 Å². The number of benzene rings is 2. The van der Waals surface area contributed by atoms with Crippen LogP contribution in [0.1, 0.15) is 35.9 Å². The molecule has 2 aromatic carbocycles. The van der Waals surface area contributed by atoms with E-state index in [-0.39, 0.29) is 30.9 Å². The minimum atomic E-state index is -1.99. The lowest BCUT2D eigenvalue weighted by Crippen LogP contribution is -2.10. The first kappa shape index (κ1) is 13.3. The van der Waals surface area contributed by atoms with Crippen molar-refractivity contribution in [1.29, 1.82) is 10.8 Å². The van der Waals surface area contributed by atoms with Crippen molar-refractivity contribution in [3.05, 3.63) is 59.7 Å². The van der Waals surface area contributed by atoms with Gasteiger partial charge in [0.15, 0.2) is 0 Å². The highest BCUT2D eigenvalue weighted by Crippen LogP contribution is 2.14. The molecule has 0 aliphatic heterocycles. The number of ether oxygens (including phenoxy) is 2. The van der Waals surface area contributed by atoms with Crippen LogP contribution in [0, 0.1) is 10.8 Å². The molecule has 0 aromatic heterocycles. The Labute approximate surface area is 153 Å². The van der Waals surface area contributed by atoms with Crippen LogP contribution in [0.4, 0.5) is 0 Å². The second kappa shape index (κ2) is 9.32. The van der Waals surface area contributed by atoms with Gasteiger partial charge in [0.2, 0.25) is 0 Å². The van der Waals surface area contributed by atoms with E-state index in [0.29, 0.717) is 22.6 Å². The van der Waals surface area contributed by atoms with E-state index in [4.69, 9.17) is 37.2 Å². The first-order chi connectivity index (χ1) is 13.5. The van der Waals surface area contributed by atoms with Gasteiger partial charge in [-0.1, -0.05) is 0 Å². The molecule has 0 aliphatic carbocycles. The molecule has 2 aromatic rings. The number of nitrogens with two attached hydrogens (primary N) is 2. The van der Waals surface area contributed by atoms with Crippen molar-refractivity contribution < 1.29 is 15.0 Å². The molecule has 0 aliphatic rings. The summed E-state index contributed by atoms with van der Waals surface area (Å²) in [4.78, 5) is 0. The minimum absolute atomic E-state index is 0.0341. The Morgan fingerprint density at radius 3 is 1.40 bits per heavy atom. The van der Waals surface area contributed by atoms with Crippen molar-refractivity contribution in [3.8, 4) is 11.5 Å². The summed E-state index contributed by atoms with van der Waals surface area (Å²) in [5.74, 6) is 0.421. The third-order valence-corrected chi connectivity index (χ3v) is 3.27. The predicted octanol–water partition coefficient (Wildman–Crippen LogP) is 2.88. The fourth-order valence-corrected chi connectivity index (χ4v) is 1.91. The van der Waals surface area contributed by atoms with Crippen molar-refractivity contribution >= 4 is 11.7 Å². The van der Waals surface area contributed by atoms with Gasteiger partial charge in [0.1, 0.15) is 23.2 Å². The Kier molecular flexibility index (Phi) is 4.95. The van der Waals surface area contributed by atoms with Crippen LogP contribution >= 0.6 is 0 Å². The van der Waals surface area contributed by atoms with Gasteiger partial charge >= 0.3 is 0 Å². The summed E-state index contributed by atoms with van der Waals surface area (Å²) >= 11 is 0. The van der Waals surface area contributed by atoms with Crippen LogP contribution < -0.4 is 20.9 Å². The monoisotopic (exact) mass is 344 g/mol. The number of nitrogens with one attached hydrogen (secondary N) is 2. The Balaban J connectivity index is 1.85. The predicted molar refractivity (Wildman–Crippen MR) is 99.8 cm³/mol. The standard InChI is InChI=1S/C19H24N4O2/c20-18(21)14-4-8-16(9-5-14)24-12-2-1-3-13-25-17-10-6-15(7-11-17)19(22)23/h4-11H,1-3,12-13H2,(H3,20,21)(H3,22,23)/i12D2,13D2.